The molecule has 0 unspecified atom stereocenters. The maximum atomic E-state index is 14.2. The molecule has 0 saturated carbocycles. The summed E-state index contributed by atoms with van der Waals surface area (Å²) in [6, 6.07) is 11.6. The van der Waals surface area contributed by atoms with Crippen molar-refractivity contribution in [1.82, 2.24) is 39.6 Å². The van der Waals surface area contributed by atoms with Crippen molar-refractivity contribution in [2.24, 2.45) is 0 Å². The van der Waals surface area contributed by atoms with E-state index in [2.05, 4.69) is 36.1 Å². The summed E-state index contributed by atoms with van der Waals surface area (Å²) in [6.07, 6.45) is 0.674. The first kappa shape index (κ1) is 30.3. The van der Waals surface area contributed by atoms with Crippen molar-refractivity contribution in [1.29, 1.82) is 0 Å². The first-order valence-corrected chi connectivity index (χ1v) is 15.0. The molecular weight excluding hydrogens is 628 g/mol. The summed E-state index contributed by atoms with van der Waals surface area (Å²) in [6.45, 7) is 3.24. The smallest absolute Gasteiger partial charge is 0.451 e. The first-order chi connectivity index (χ1) is 22.2. The second kappa shape index (κ2) is 12.4. The predicted octanol–water partition coefficient (Wildman–Crippen LogP) is 6.08. The van der Waals surface area contributed by atoms with Crippen molar-refractivity contribution in [3.05, 3.63) is 88.5 Å². The molecule has 46 heavy (non-hydrogen) atoms. The Hall–Kier alpha value is -4.40. The van der Waals surface area contributed by atoms with Gasteiger partial charge in [-0.05, 0) is 42.7 Å². The van der Waals surface area contributed by atoms with Crippen LogP contribution in [0.1, 0.15) is 35.7 Å². The topological polar surface area (TPSA) is 107 Å². The predicted molar refractivity (Wildman–Crippen MR) is 160 cm³/mol. The number of hydrogen-bond donors (Lipinski definition) is 1. The molecule has 0 aliphatic carbocycles. The number of halogens is 5. The van der Waals surface area contributed by atoms with Gasteiger partial charge < -0.3 is 19.0 Å². The van der Waals surface area contributed by atoms with Gasteiger partial charge in [-0.1, -0.05) is 29.8 Å². The molecule has 0 amide bonds. The Morgan fingerprint density at radius 3 is 2.70 bits per heavy atom. The van der Waals surface area contributed by atoms with Gasteiger partial charge >= 0.3 is 6.18 Å². The van der Waals surface area contributed by atoms with E-state index >= 15 is 0 Å². The molecule has 1 fully saturated rings. The van der Waals surface area contributed by atoms with Crippen LogP contribution in [0.25, 0.3) is 28.1 Å². The molecule has 2 aliphatic rings. The van der Waals surface area contributed by atoms with E-state index in [-0.39, 0.29) is 18.5 Å². The number of H-pyrrole nitrogens is 1. The van der Waals surface area contributed by atoms with E-state index in [1.54, 1.807) is 24.3 Å². The maximum absolute atomic E-state index is 14.2. The third kappa shape index (κ3) is 6.46. The van der Waals surface area contributed by atoms with Crippen LogP contribution in [0.4, 0.5) is 17.6 Å². The molecule has 1 atom stereocenters. The minimum Gasteiger partial charge on any atom is -0.473 e. The van der Waals surface area contributed by atoms with Gasteiger partial charge in [0.1, 0.15) is 23.8 Å². The molecule has 1 aromatic carbocycles. The van der Waals surface area contributed by atoms with Crippen LogP contribution >= 0.6 is 11.6 Å². The van der Waals surface area contributed by atoms with Gasteiger partial charge in [-0.2, -0.15) is 13.2 Å². The first-order valence-electron chi connectivity index (χ1n) is 14.6. The lowest BCUT2D eigenvalue weighted by Crippen LogP contribution is -2.33. The van der Waals surface area contributed by atoms with Crippen LogP contribution in [0.2, 0.25) is 5.02 Å². The van der Waals surface area contributed by atoms with E-state index in [1.807, 2.05) is 16.7 Å². The second-order valence-corrected chi connectivity index (χ2v) is 11.5. The molecule has 0 spiro atoms. The normalized spacial score (nSPS) is 17.2. The molecule has 7 rings (SSSR count). The van der Waals surface area contributed by atoms with Gasteiger partial charge in [-0.3, -0.25) is 4.90 Å². The van der Waals surface area contributed by atoms with Gasteiger partial charge in [-0.15, -0.1) is 10.2 Å². The van der Waals surface area contributed by atoms with Gasteiger partial charge in [0.05, 0.1) is 24.9 Å². The number of alkyl halides is 3. The van der Waals surface area contributed by atoms with Crippen LogP contribution in [0.15, 0.2) is 54.7 Å². The quantitative estimate of drug-likeness (QED) is 0.191. The van der Waals surface area contributed by atoms with Crippen LogP contribution in [0.3, 0.4) is 0 Å². The van der Waals surface area contributed by atoms with Crippen molar-refractivity contribution in [3.63, 3.8) is 0 Å². The third-order valence-corrected chi connectivity index (χ3v) is 8.21. The zero-order valence-corrected chi connectivity index (χ0v) is 25.0. The highest BCUT2D eigenvalue weighted by molar-refractivity contribution is 6.30. The zero-order chi connectivity index (χ0) is 31.8. The van der Waals surface area contributed by atoms with Gasteiger partial charge in [0.15, 0.2) is 11.5 Å². The minimum atomic E-state index is -4.63. The lowest BCUT2D eigenvalue weighted by molar-refractivity contribution is -0.144. The monoisotopic (exact) mass is 654 g/mol. The van der Waals surface area contributed by atoms with Crippen LogP contribution in [-0.2, 0) is 30.6 Å². The number of nitrogens with zero attached hydrogens (tertiary/aromatic N) is 7. The van der Waals surface area contributed by atoms with E-state index in [4.69, 9.17) is 26.1 Å². The van der Waals surface area contributed by atoms with E-state index < -0.39 is 17.8 Å². The third-order valence-electron chi connectivity index (χ3n) is 7.97. The highest BCUT2D eigenvalue weighted by Crippen LogP contribution is 2.30. The number of ether oxygens (including phenoxy) is 2. The van der Waals surface area contributed by atoms with E-state index in [0.29, 0.717) is 59.4 Å². The molecule has 4 aromatic heterocycles. The van der Waals surface area contributed by atoms with Crippen LogP contribution in [0.5, 0.6) is 5.88 Å². The van der Waals surface area contributed by atoms with Crippen LogP contribution in [0, 0.1) is 5.82 Å². The SMILES string of the molecule is Fc1cc(Cl)ccc1COc1cccc(C2=CCN(Cc3nc4cc(-c5nnc(C(F)(F)F)[nH]5)cnc4n3C[C@@H]3CCO3)CC2)n1. The summed E-state index contributed by atoms with van der Waals surface area (Å²) in [5.41, 5.74) is 3.78. The number of imidazole rings is 1. The number of aromatic amines is 1. The molecule has 238 valence electrons. The van der Waals surface area contributed by atoms with Crippen molar-refractivity contribution in [3.8, 4) is 17.3 Å². The molecule has 6 heterocycles. The lowest BCUT2D eigenvalue weighted by atomic mass is 10.0. The van der Waals surface area contributed by atoms with Crippen LogP contribution < -0.4 is 4.74 Å². The molecule has 15 heteroatoms. The minimum absolute atomic E-state index is 0.0303. The fourth-order valence-corrected chi connectivity index (χ4v) is 5.56. The number of nitrogens with one attached hydrogen (secondary N) is 1. The number of benzene rings is 1. The average molecular weight is 655 g/mol. The molecule has 2 aliphatic heterocycles. The highest BCUT2D eigenvalue weighted by Gasteiger charge is 2.35. The Kier molecular flexibility index (Phi) is 8.17. The fourth-order valence-electron chi connectivity index (χ4n) is 5.40. The summed E-state index contributed by atoms with van der Waals surface area (Å²) in [5.74, 6) is -0.458. The van der Waals surface area contributed by atoms with E-state index in [9.17, 15) is 17.6 Å². The Bertz CT molecular complexity index is 1920. The highest BCUT2D eigenvalue weighted by atomic mass is 35.5. The number of rotatable bonds is 9. The molecule has 1 saturated heterocycles. The summed E-state index contributed by atoms with van der Waals surface area (Å²) >= 11 is 5.84. The van der Waals surface area contributed by atoms with Crippen LogP contribution in [-0.4, -0.2) is 65.4 Å². The average Bonchev–Trinajstić information content (AvgIpc) is 3.64. The largest absolute Gasteiger partial charge is 0.473 e. The molecular formula is C31H27ClF4N8O2. The zero-order valence-electron chi connectivity index (χ0n) is 24.3. The Morgan fingerprint density at radius 1 is 1.11 bits per heavy atom. The Labute approximate surface area is 265 Å². The Morgan fingerprint density at radius 2 is 1.98 bits per heavy atom. The fraction of sp³-hybridized carbons (Fsp3) is 0.323. The lowest BCUT2D eigenvalue weighted by Gasteiger charge is -2.29. The summed E-state index contributed by atoms with van der Waals surface area (Å²) in [7, 11) is 0. The van der Waals surface area contributed by atoms with E-state index in [1.165, 1.54) is 12.3 Å². The van der Waals surface area contributed by atoms with Crippen molar-refractivity contribution >= 4 is 28.3 Å². The summed E-state index contributed by atoms with van der Waals surface area (Å²) in [4.78, 5) is 18.5. The second-order valence-electron chi connectivity index (χ2n) is 11.1. The number of aromatic nitrogens is 7. The molecule has 1 N–H and O–H groups in total. The molecule has 5 aromatic rings. The number of fused-ring (bicyclic) bond motifs is 1. The van der Waals surface area contributed by atoms with Gasteiger partial charge in [0.2, 0.25) is 11.7 Å². The van der Waals surface area contributed by atoms with Crippen molar-refractivity contribution < 1.29 is 27.0 Å². The molecule has 0 radical (unpaired) electrons. The van der Waals surface area contributed by atoms with Gasteiger partial charge in [-0.25, -0.2) is 19.3 Å². The van der Waals surface area contributed by atoms with Crippen molar-refractivity contribution in [2.45, 2.75) is 44.8 Å². The molecule has 10 nitrogen and oxygen atoms in total. The number of hydrogen-bond acceptors (Lipinski definition) is 8. The summed E-state index contributed by atoms with van der Waals surface area (Å²) < 4.78 is 66.8. The standard InChI is InChI=1S/C31H27ClF4N8O2/c32-21-5-4-19(23(33)13-21)17-46-27-3-1-2-24(39-27)18-6-9-43(10-7-18)16-26-38-25-12-20(28-40-30(42-41-28)31(34,35)36)14-37-29(25)44(26)15-22-8-11-45-22/h1-6,12-14,22H,7-11,15-17H2,(H,40,41,42)/t22-/m0/s1. The van der Waals surface area contributed by atoms with E-state index in [0.717, 1.165) is 36.5 Å². The van der Waals surface area contributed by atoms with Gasteiger partial charge in [0.25, 0.3) is 0 Å². The summed E-state index contributed by atoms with van der Waals surface area (Å²) in [5, 5.41) is 7.20. The Balaban J connectivity index is 1.06. The molecule has 0 bridgehead atoms. The van der Waals surface area contributed by atoms with Crippen molar-refractivity contribution in [2.75, 3.05) is 19.7 Å². The number of pyridine rings is 2. The maximum Gasteiger partial charge on any atom is 0.451 e. The van der Waals surface area contributed by atoms with Gasteiger partial charge in [0, 0.05) is 48.1 Å².